The number of benzene rings is 1. The summed E-state index contributed by atoms with van der Waals surface area (Å²) >= 11 is 0. The third-order valence-corrected chi connectivity index (χ3v) is 4.05. The van der Waals surface area contributed by atoms with Crippen LogP contribution in [0.1, 0.15) is 40.2 Å². The molecule has 1 aromatic carbocycles. The number of ether oxygens (including phenoxy) is 2. The van der Waals surface area contributed by atoms with Gasteiger partial charge in [0.15, 0.2) is 0 Å². The number of hydrogen-bond donors (Lipinski definition) is 0. The van der Waals surface area contributed by atoms with Gasteiger partial charge in [-0.25, -0.2) is 9.59 Å². The highest BCUT2D eigenvalue weighted by molar-refractivity contribution is 5.71. The minimum atomic E-state index is -0.536. The first-order valence-electron chi connectivity index (χ1n) is 8.64. The van der Waals surface area contributed by atoms with Gasteiger partial charge in [-0.1, -0.05) is 30.3 Å². The van der Waals surface area contributed by atoms with Gasteiger partial charge in [-0.15, -0.1) is 0 Å². The van der Waals surface area contributed by atoms with Crippen LogP contribution in [-0.2, 0) is 16.1 Å². The molecule has 0 unspecified atom stereocenters. The summed E-state index contributed by atoms with van der Waals surface area (Å²) in [4.78, 5) is 28.1. The van der Waals surface area contributed by atoms with Crippen LogP contribution in [0.15, 0.2) is 30.3 Å². The van der Waals surface area contributed by atoms with Crippen LogP contribution in [0, 0.1) is 0 Å². The molecule has 1 aliphatic rings. The summed E-state index contributed by atoms with van der Waals surface area (Å²) in [6.45, 7) is 10.4. The fourth-order valence-electron chi connectivity index (χ4n) is 2.76. The molecule has 1 fully saturated rings. The van der Waals surface area contributed by atoms with Gasteiger partial charge in [0, 0.05) is 13.1 Å². The van der Waals surface area contributed by atoms with Crippen molar-refractivity contribution < 1.29 is 19.1 Å². The van der Waals surface area contributed by atoms with Crippen molar-refractivity contribution in [3.8, 4) is 0 Å². The van der Waals surface area contributed by atoms with Gasteiger partial charge in [0.25, 0.3) is 0 Å². The van der Waals surface area contributed by atoms with Crippen LogP contribution in [0.2, 0.25) is 0 Å². The average Bonchev–Trinajstić information content (AvgIpc) is 2.53. The predicted molar refractivity (Wildman–Crippen MR) is 95.2 cm³/mol. The fraction of sp³-hybridized carbons (Fsp3) is 0.579. The van der Waals surface area contributed by atoms with E-state index in [2.05, 4.69) is 0 Å². The van der Waals surface area contributed by atoms with Gasteiger partial charge in [0.1, 0.15) is 12.2 Å². The van der Waals surface area contributed by atoms with E-state index in [1.54, 1.807) is 9.80 Å². The van der Waals surface area contributed by atoms with E-state index in [1.165, 1.54) is 0 Å². The Kier molecular flexibility index (Phi) is 5.93. The fourth-order valence-corrected chi connectivity index (χ4v) is 2.76. The Morgan fingerprint density at radius 3 is 2.04 bits per heavy atom. The average molecular weight is 348 g/mol. The van der Waals surface area contributed by atoms with Gasteiger partial charge in [0.2, 0.25) is 0 Å². The molecular weight excluding hydrogens is 320 g/mol. The van der Waals surface area contributed by atoms with E-state index in [-0.39, 0.29) is 30.9 Å². The van der Waals surface area contributed by atoms with E-state index in [4.69, 9.17) is 9.47 Å². The van der Waals surface area contributed by atoms with Crippen molar-refractivity contribution >= 4 is 12.2 Å². The second-order valence-corrected chi connectivity index (χ2v) is 7.52. The van der Waals surface area contributed by atoms with Gasteiger partial charge < -0.3 is 19.3 Å². The van der Waals surface area contributed by atoms with Crippen molar-refractivity contribution in [1.29, 1.82) is 0 Å². The number of amides is 2. The first-order chi connectivity index (χ1) is 11.7. The normalized spacial score (nSPS) is 21.0. The molecule has 6 nitrogen and oxygen atoms in total. The molecule has 0 N–H and O–H groups in total. The van der Waals surface area contributed by atoms with E-state index >= 15 is 0 Å². The smallest absolute Gasteiger partial charge is 0.410 e. The molecule has 0 spiro atoms. The molecule has 0 saturated carbocycles. The molecule has 1 aliphatic heterocycles. The molecule has 1 heterocycles. The zero-order chi connectivity index (χ0) is 18.6. The first kappa shape index (κ1) is 19.1. The van der Waals surface area contributed by atoms with Crippen molar-refractivity contribution in [3.05, 3.63) is 35.9 Å². The predicted octanol–water partition coefficient (Wildman–Crippen LogP) is 3.65. The summed E-state index contributed by atoms with van der Waals surface area (Å²) in [7, 11) is 0. The van der Waals surface area contributed by atoms with Crippen molar-refractivity contribution in [2.24, 2.45) is 0 Å². The number of hydrogen-bond acceptors (Lipinski definition) is 4. The Morgan fingerprint density at radius 2 is 1.52 bits per heavy atom. The summed E-state index contributed by atoms with van der Waals surface area (Å²) in [6, 6.07) is 9.31. The zero-order valence-electron chi connectivity index (χ0n) is 15.7. The maximum Gasteiger partial charge on any atom is 0.410 e. The highest BCUT2D eigenvalue weighted by atomic mass is 16.6. The Bertz CT molecular complexity index is 597. The van der Waals surface area contributed by atoms with Gasteiger partial charge in [0.05, 0.1) is 12.1 Å². The lowest BCUT2D eigenvalue weighted by Gasteiger charge is -2.43. The molecule has 138 valence electrons. The van der Waals surface area contributed by atoms with E-state index in [1.807, 2.05) is 65.0 Å². The molecule has 2 atom stereocenters. The lowest BCUT2D eigenvalue weighted by molar-refractivity contribution is -0.0117. The SMILES string of the molecule is C[C@H]1CN(C(=O)OC(C)(C)C)[C@@H](C)CN1C(=O)OCc1ccccc1. The second-order valence-electron chi connectivity index (χ2n) is 7.52. The van der Waals surface area contributed by atoms with Crippen LogP contribution in [0.25, 0.3) is 0 Å². The molecular formula is C19H28N2O4. The molecule has 1 saturated heterocycles. The Balaban J connectivity index is 1.92. The maximum atomic E-state index is 12.4. The summed E-state index contributed by atoms with van der Waals surface area (Å²) in [5, 5.41) is 0. The van der Waals surface area contributed by atoms with Crippen molar-refractivity contribution in [1.82, 2.24) is 9.80 Å². The Hall–Kier alpha value is -2.24. The third-order valence-electron chi connectivity index (χ3n) is 4.05. The quantitative estimate of drug-likeness (QED) is 0.818. The number of carbonyl (C=O) groups excluding carboxylic acids is 2. The maximum absolute atomic E-state index is 12.4. The van der Waals surface area contributed by atoms with Crippen LogP contribution in [0.3, 0.4) is 0 Å². The van der Waals surface area contributed by atoms with Gasteiger partial charge in [-0.2, -0.15) is 0 Å². The van der Waals surface area contributed by atoms with Gasteiger partial charge in [-0.05, 0) is 40.2 Å². The molecule has 0 aliphatic carbocycles. The van der Waals surface area contributed by atoms with Gasteiger partial charge in [-0.3, -0.25) is 0 Å². The third kappa shape index (κ3) is 5.37. The van der Waals surface area contributed by atoms with Crippen LogP contribution < -0.4 is 0 Å². The second kappa shape index (κ2) is 7.76. The lowest BCUT2D eigenvalue weighted by Crippen LogP contribution is -2.60. The monoisotopic (exact) mass is 348 g/mol. The minimum Gasteiger partial charge on any atom is -0.445 e. The molecule has 0 bridgehead atoms. The largest absolute Gasteiger partial charge is 0.445 e. The standard InChI is InChI=1S/C19H28N2O4/c1-14-12-21(18(23)25-19(3,4)5)15(2)11-20(14)17(22)24-13-16-9-7-6-8-10-16/h6-10,14-15H,11-13H2,1-5H3/t14-,15-/m0/s1. The number of nitrogens with zero attached hydrogens (tertiary/aromatic N) is 2. The Labute approximate surface area is 149 Å². The summed E-state index contributed by atoms with van der Waals surface area (Å²) in [6.07, 6.45) is -0.698. The summed E-state index contributed by atoms with van der Waals surface area (Å²) in [5.41, 5.74) is 0.412. The molecule has 2 rings (SSSR count). The molecule has 1 aromatic rings. The molecule has 25 heavy (non-hydrogen) atoms. The summed E-state index contributed by atoms with van der Waals surface area (Å²) < 4.78 is 10.9. The molecule has 0 aromatic heterocycles. The van der Waals surface area contributed by atoms with Crippen molar-refractivity contribution in [2.45, 2.75) is 58.9 Å². The highest BCUT2D eigenvalue weighted by Gasteiger charge is 2.37. The van der Waals surface area contributed by atoms with Crippen LogP contribution in [-0.4, -0.2) is 52.8 Å². The van der Waals surface area contributed by atoms with E-state index in [9.17, 15) is 9.59 Å². The van der Waals surface area contributed by atoms with Crippen LogP contribution >= 0.6 is 0 Å². The molecule has 0 radical (unpaired) electrons. The van der Waals surface area contributed by atoms with E-state index < -0.39 is 5.60 Å². The topological polar surface area (TPSA) is 59.1 Å². The lowest BCUT2D eigenvalue weighted by atomic mass is 10.1. The Morgan fingerprint density at radius 1 is 1.00 bits per heavy atom. The number of piperazine rings is 1. The van der Waals surface area contributed by atoms with E-state index in [0.29, 0.717) is 13.1 Å². The molecule has 6 heteroatoms. The number of rotatable bonds is 2. The minimum absolute atomic E-state index is 0.129. The van der Waals surface area contributed by atoms with Crippen molar-refractivity contribution in [2.75, 3.05) is 13.1 Å². The van der Waals surface area contributed by atoms with E-state index in [0.717, 1.165) is 5.56 Å². The van der Waals surface area contributed by atoms with Crippen molar-refractivity contribution in [3.63, 3.8) is 0 Å². The highest BCUT2D eigenvalue weighted by Crippen LogP contribution is 2.20. The zero-order valence-corrected chi connectivity index (χ0v) is 15.7. The number of carbonyl (C=O) groups is 2. The van der Waals surface area contributed by atoms with Crippen LogP contribution in [0.4, 0.5) is 9.59 Å². The van der Waals surface area contributed by atoms with Gasteiger partial charge >= 0.3 is 12.2 Å². The van der Waals surface area contributed by atoms with Crippen LogP contribution in [0.5, 0.6) is 0 Å². The summed E-state index contributed by atoms with van der Waals surface area (Å²) in [5.74, 6) is 0. The first-order valence-corrected chi connectivity index (χ1v) is 8.64. The molecule has 2 amide bonds.